The van der Waals surface area contributed by atoms with E-state index in [2.05, 4.69) is 20.7 Å². The van der Waals surface area contributed by atoms with Crippen molar-refractivity contribution in [3.63, 3.8) is 0 Å². The standard InChI is InChI=1S/C19H20N6O/c1-14(13-25-18-9-5-3-7-16(18)22-23-25)21-19(26)10-11-24-17-8-4-2-6-15(17)12-20-24/h2-9,12,14H,10-11,13H2,1H3,(H,21,26)/t14-/m1/s1. The molecule has 2 aromatic heterocycles. The van der Waals surface area contributed by atoms with Crippen molar-refractivity contribution in [1.29, 1.82) is 0 Å². The molecule has 0 saturated heterocycles. The van der Waals surface area contributed by atoms with E-state index < -0.39 is 0 Å². The van der Waals surface area contributed by atoms with Crippen molar-refractivity contribution >= 4 is 27.8 Å². The molecule has 0 saturated carbocycles. The van der Waals surface area contributed by atoms with E-state index in [0.29, 0.717) is 19.5 Å². The molecular formula is C19H20N6O. The van der Waals surface area contributed by atoms with Gasteiger partial charge < -0.3 is 5.32 Å². The third kappa shape index (κ3) is 3.28. The minimum atomic E-state index is -0.0398. The SMILES string of the molecule is C[C@H](Cn1nnc2ccccc21)NC(=O)CCn1ncc2ccccc21. The number of nitrogens with one attached hydrogen (secondary N) is 1. The molecule has 26 heavy (non-hydrogen) atoms. The van der Waals surface area contributed by atoms with Crippen LogP contribution in [0.1, 0.15) is 13.3 Å². The quantitative estimate of drug-likeness (QED) is 0.580. The van der Waals surface area contributed by atoms with Crippen molar-refractivity contribution in [1.82, 2.24) is 30.1 Å². The lowest BCUT2D eigenvalue weighted by Crippen LogP contribution is -2.36. The first-order valence-corrected chi connectivity index (χ1v) is 8.69. The Morgan fingerprint density at radius 1 is 1.08 bits per heavy atom. The Morgan fingerprint density at radius 3 is 2.73 bits per heavy atom. The molecule has 4 rings (SSSR count). The molecule has 2 aromatic carbocycles. The van der Waals surface area contributed by atoms with Gasteiger partial charge in [0.1, 0.15) is 5.52 Å². The van der Waals surface area contributed by atoms with Gasteiger partial charge in [-0.1, -0.05) is 35.5 Å². The predicted molar refractivity (Wildman–Crippen MR) is 99.5 cm³/mol. The summed E-state index contributed by atoms with van der Waals surface area (Å²) < 4.78 is 3.69. The zero-order valence-corrected chi connectivity index (χ0v) is 14.5. The number of rotatable bonds is 6. The topological polar surface area (TPSA) is 77.6 Å². The molecule has 0 aliphatic rings. The lowest BCUT2D eigenvalue weighted by atomic mass is 10.2. The molecule has 1 N–H and O–H groups in total. The Hall–Kier alpha value is -3.22. The minimum Gasteiger partial charge on any atom is -0.352 e. The molecule has 4 aromatic rings. The Kier molecular flexibility index (Phi) is 4.35. The van der Waals surface area contributed by atoms with Gasteiger partial charge in [-0.25, -0.2) is 4.68 Å². The van der Waals surface area contributed by atoms with Gasteiger partial charge in [-0.2, -0.15) is 5.10 Å². The summed E-state index contributed by atoms with van der Waals surface area (Å²) in [5.74, 6) is 0.00139. The maximum atomic E-state index is 12.3. The van der Waals surface area contributed by atoms with Crippen LogP contribution in [0.4, 0.5) is 0 Å². The van der Waals surface area contributed by atoms with E-state index in [0.717, 1.165) is 21.9 Å². The summed E-state index contributed by atoms with van der Waals surface area (Å²) in [7, 11) is 0. The van der Waals surface area contributed by atoms with Gasteiger partial charge >= 0.3 is 0 Å². The molecule has 0 aliphatic carbocycles. The first kappa shape index (κ1) is 16.3. The van der Waals surface area contributed by atoms with Gasteiger partial charge in [0.05, 0.1) is 30.3 Å². The van der Waals surface area contributed by atoms with E-state index in [-0.39, 0.29) is 11.9 Å². The first-order chi connectivity index (χ1) is 12.7. The molecule has 0 aliphatic heterocycles. The van der Waals surface area contributed by atoms with Gasteiger partial charge in [0.15, 0.2) is 0 Å². The van der Waals surface area contributed by atoms with Gasteiger partial charge in [0, 0.05) is 17.8 Å². The van der Waals surface area contributed by atoms with Crippen molar-refractivity contribution in [2.75, 3.05) is 0 Å². The second kappa shape index (κ2) is 6.95. The maximum Gasteiger partial charge on any atom is 0.222 e. The summed E-state index contributed by atoms with van der Waals surface area (Å²) in [6.07, 6.45) is 2.21. The highest BCUT2D eigenvalue weighted by Crippen LogP contribution is 2.13. The maximum absolute atomic E-state index is 12.3. The summed E-state index contributed by atoms with van der Waals surface area (Å²) in [6.45, 7) is 3.10. The summed E-state index contributed by atoms with van der Waals surface area (Å²) >= 11 is 0. The lowest BCUT2D eigenvalue weighted by Gasteiger charge is -2.14. The van der Waals surface area contributed by atoms with Crippen molar-refractivity contribution in [3.05, 3.63) is 54.7 Å². The normalized spacial score (nSPS) is 12.5. The number of amides is 1. The number of hydrogen-bond donors (Lipinski definition) is 1. The number of benzene rings is 2. The minimum absolute atomic E-state index is 0.00139. The van der Waals surface area contributed by atoms with Crippen LogP contribution in [0.15, 0.2) is 54.7 Å². The highest BCUT2D eigenvalue weighted by molar-refractivity contribution is 5.79. The summed E-state index contributed by atoms with van der Waals surface area (Å²) in [4.78, 5) is 12.3. The van der Waals surface area contributed by atoms with Gasteiger partial charge in [0.25, 0.3) is 0 Å². The molecule has 2 heterocycles. The van der Waals surface area contributed by atoms with Crippen molar-refractivity contribution in [2.24, 2.45) is 0 Å². The Labute approximate surface area is 150 Å². The van der Waals surface area contributed by atoms with E-state index in [4.69, 9.17) is 0 Å². The largest absolute Gasteiger partial charge is 0.352 e. The molecule has 0 spiro atoms. The van der Waals surface area contributed by atoms with E-state index in [1.807, 2.05) is 71.0 Å². The van der Waals surface area contributed by atoms with E-state index in [1.54, 1.807) is 0 Å². The molecular weight excluding hydrogens is 328 g/mol. The van der Waals surface area contributed by atoms with Crippen LogP contribution < -0.4 is 5.32 Å². The summed E-state index contributed by atoms with van der Waals surface area (Å²) in [5.41, 5.74) is 2.87. The Morgan fingerprint density at radius 2 is 1.85 bits per heavy atom. The Balaban J connectivity index is 1.34. The van der Waals surface area contributed by atoms with Gasteiger partial charge in [-0.15, -0.1) is 5.10 Å². The highest BCUT2D eigenvalue weighted by Gasteiger charge is 2.12. The van der Waals surface area contributed by atoms with Gasteiger partial charge in [-0.05, 0) is 25.1 Å². The number of carbonyl (C=O) groups is 1. The number of aryl methyl sites for hydroxylation is 1. The average molecular weight is 348 g/mol. The molecule has 7 heteroatoms. The van der Waals surface area contributed by atoms with Crippen LogP contribution in [0.25, 0.3) is 21.9 Å². The smallest absolute Gasteiger partial charge is 0.222 e. The molecule has 1 atom stereocenters. The van der Waals surface area contributed by atoms with Crippen LogP contribution in [-0.4, -0.2) is 36.7 Å². The monoisotopic (exact) mass is 348 g/mol. The van der Waals surface area contributed by atoms with E-state index in [1.165, 1.54) is 0 Å². The van der Waals surface area contributed by atoms with Crippen molar-refractivity contribution in [2.45, 2.75) is 32.5 Å². The molecule has 1 amide bonds. The van der Waals surface area contributed by atoms with Crippen LogP contribution in [0, 0.1) is 0 Å². The van der Waals surface area contributed by atoms with Crippen LogP contribution >= 0.6 is 0 Å². The molecule has 0 fully saturated rings. The number of para-hydroxylation sites is 2. The third-order valence-electron chi connectivity index (χ3n) is 4.38. The zero-order chi connectivity index (χ0) is 17.9. The second-order valence-corrected chi connectivity index (χ2v) is 6.41. The molecule has 0 unspecified atom stereocenters. The fraction of sp³-hybridized carbons (Fsp3) is 0.263. The molecule has 7 nitrogen and oxygen atoms in total. The molecule has 0 radical (unpaired) electrons. The van der Waals surface area contributed by atoms with Crippen LogP contribution in [-0.2, 0) is 17.9 Å². The van der Waals surface area contributed by atoms with Crippen LogP contribution in [0.5, 0.6) is 0 Å². The van der Waals surface area contributed by atoms with Crippen molar-refractivity contribution < 1.29 is 4.79 Å². The number of aromatic nitrogens is 5. The number of fused-ring (bicyclic) bond motifs is 2. The van der Waals surface area contributed by atoms with Crippen LogP contribution in [0.3, 0.4) is 0 Å². The number of hydrogen-bond acceptors (Lipinski definition) is 4. The zero-order valence-electron chi connectivity index (χ0n) is 14.5. The first-order valence-electron chi connectivity index (χ1n) is 8.69. The lowest BCUT2D eigenvalue weighted by molar-refractivity contribution is -0.122. The molecule has 132 valence electrons. The molecule has 0 bridgehead atoms. The third-order valence-corrected chi connectivity index (χ3v) is 4.38. The number of carbonyl (C=O) groups excluding carboxylic acids is 1. The van der Waals surface area contributed by atoms with Gasteiger partial charge in [0.2, 0.25) is 5.91 Å². The fourth-order valence-electron chi connectivity index (χ4n) is 3.12. The summed E-state index contributed by atoms with van der Waals surface area (Å²) in [6, 6.07) is 15.8. The van der Waals surface area contributed by atoms with E-state index in [9.17, 15) is 4.79 Å². The predicted octanol–water partition coefficient (Wildman–Crippen LogP) is 2.38. The second-order valence-electron chi connectivity index (χ2n) is 6.41. The Bertz CT molecular complexity index is 1050. The van der Waals surface area contributed by atoms with Crippen molar-refractivity contribution in [3.8, 4) is 0 Å². The number of nitrogens with zero attached hydrogens (tertiary/aromatic N) is 5. The summed E-state index contributed by atoms with van der Waals surface area (Å²) in [5, 5.41) is 16.8. The fourth-order valence-corrected chi connectivity index (χ4v) is 3.12. The average Bonchev–Trinajstić information content (AvgIpc) is 3.24. The van der Waals surface area contributed by atoms with Gasteiger partial charge in [-0.3, -0.25) is 9.48 Å². The van der Waals surface area contributed by atoms with Crippen LogP contribution in [0.2, 0.25) is 0 Å². The van der Waals surface area contributed by atoms with E-state index >= 15 is 0 Å². The highest BCUT2D eigenvalue weighted by atomic mass is 16.1.